The molecule has 0 spiro atoms. The standard InChI is InChI=1S/C16H20N6OS/c1-4-22-10-13(15(20-22)23-5-2)14-18-19-16(21(14)3)24-11-12-7-6-8-17-9-12/h6-10H,4-5,11H2,1-3H3. The van der Waals surface area contributed by atoms with Crippen molar-refractivity contribution in [3.63, 3.8) is 0 Å². The highest BCUT2D eigenvalue weighted by molar-refractivity contribution is 7.98. The highest BCUT2D eigenvalue weighted by Gasteiger charge is 2.19. The lowest BCUT2D eigenvalue weighted by molar-refractivity contribution is 0.322. The summed E-state index contributed by atoms with van der Waals surface area (Å²) in [4.78, 5) is 4.13. The third-order valence-electron chi connectivity index (χ3n) is 3.50. The fourth-order valence-corrected chi connectivity index (χ4v) is 3.11. The minimum atomic E-state index is 0.564. The van der Waals surface area contributed by atoms with Crippen molar-refractivity contribution < 1.29 is 4.74 Å². The predicted octanol–water partition coefficient (Wildman–Crippen LogP) is 2.78. The van der Waals surface area contributed by atoms with Crippen LogP contribution in [0.2, 0.25) is 0 Å². The van der Waals surface area contributed by atoms with Crippen LogP contribution in [0.3, 0.4) is 0 Å². The SMILES string of the molecule is CCOc1nn(CC)cc1-c1nnc(SCc2cccnc2)n1C. The average molecular weight is 344 g/mol. The second kappa shape index (κ2) is 7.48. The molecule has 0 amide bonds. The zero-order valence-electron chi connectivity index (χ0n) is 14.0. The Kier molecular flexibility index (Phi) is 5.14. The number of aryl methyl sites for hydroxylation is 1. The second-order valence-electron chi connectivity index (χ2n) is 5.15. The van der Waals surface area contributed by atoms with Gasteiger partial charge in [0.15, 0.2) is 11.0 Å². The predicted molar refractivity (Wildman–Crippen MR) is 92.9 cm³/mol. The van der Waals surface area contributed by atoms with Crippen molar-refractivity contribution in [1.29, 1.82) is 0 Å². The molecule has 0 radical (unpaired) electrons. The van der Waals surface area contributed by atoms with Gasteiger partial charge in [-0.3, -0.25) is 9.67 Å². The van der Waals surface area contributed by atoms with Gasteiger partial charge in [-0.2, -0.15) is 0 Å². The summed E-state index contributed by atoms with van der Waals surface area (Å²) in [6.45, 7) is 5.33. The molecule has 0 aliphatic carbocycles. The van der Waals surface area contributed by atoms with E-state index in [-0.39, 0.29) is 0 Å². The maximum absolute atomic E-state index is 5.64. The summed E-state index contributed by atoms with van der Waals surface area (Å²) in [5.74, 6) is 2.15. The molecule has 0 aliphatic heterocycles. The minimum Gasteiger partial charge on any atom is -0.476 e. The molecule has 0 aliphatic rings. The Bertz CT molecular complexity index is 798. The van der Waals surface area contributed by atoms with E-state index in [0.717, 1.165) is 34.4 Å². The van der Waals surface area contributed by atoms with Crippen molar-refractivity contribution in [2.75, 3.05) is 6.61 Å². The van der Waals surface area contributed by atoms with Gasteiger partial charge in [-0.15, -0.1) is 15.3 Å². The Morgan fingerprint density at radius 1 is 1.25 bits per heavy atom. The Morgan fingerprint density at radius 2 is 2.12 bits per heavy atom. The van der Waals surface area contributed by atoms with Crippen LogP contribution < -0.4 is 4.74 Å². The van der Waals surface area contributed by atoms with Gasteiger partial charge in [0.25, 0.3) is 0 Å². The van der Waals surface area contributed by atoms with Crippen LogP contribution in [0, 0.1) is 0 Å². The number of aromatic nitrogens is 6. The van der Waals surface area contributed by atoms with E-state index >= 15 is 0 Å². The highest BCUT2D eigenvalue weighted by atomic mass is 32.2. The van der Waals surface area contributed by atoms with Crippen LogP contribution in [-0.4, -0.2) is 36.1 Å². The molecular formula is C16H20N6OS. The van der Waals surface area contributed by atoms with Crippen LogP contribution in [0.5, 0.6) is 5.88 Å². The lowest BCUT2D eigenvalue weighted by Crippen LogP contribution is -1.98. The van der Waals surface area contributed by atoms with Gasteiger partial charge in [-0.05, 0) is 25.5 Å². The van der Waals surface area contributed by atoms with Gasteiger partial charge < -0.3 is 9.30 Å². The van der Waals surface area contributed by atoms with E-state index in [1.165, 1.54) is 0 Å². The average Bonchev–Trinajstić information content (AvgIpc) is 3.17. The normalized spacial score (nSPS) is 11.0. The molecule has 3 aromatic rings. The molecule has 7 nitrogen and oxygen atoms in total. The van der Waals surface area contributed by atoms with Crippen LogP contribution in [0.15, 0.2) is 35.9 Å². The third-order valence-corrected chi connectivity index (χ3v) is 4.59. The number of nitrogens with zero attached hydrogens (tertiary/aromatic N) is 6. The highest BCUT2D eigenvalue weighted by Crippen LogP contribution is 2.30. The van der Waals surface area contributed by atoms with Crippen molar-refractivity contribution in [3.05, 3.63) is 36.3 Å². The summed E-state index contributed by atoms with van der Waals surface area (Å²) in [5.41, 5.74) is 2.02. The van der Waals surface area contributed by atoms with Crippen molar-refractivity contribution in [1.82, 2.24) is 29.5 Å². The molecular weight excluding hydrogens is 324 g/mol. The number of rotatable bonds is 7. The molecule has 0 aromatic carbocycles. The topological polar surface area (TPSA) is 70.7 Å². The number of pyridine rings is 1. The van der Waals surface area contributed by atoms with E-state index in [0.29, 0.717) is 12.5 Å². The van der Waals surface area contributed by atoms with Crippen LogP contribution in [-0.2, 0) is 19.3 Å². The van der Waals surface area contributed by atoms with Gasteiger partial charge >= 0.3 is 0 Å². The van der Waals surface area contributed by atoms with E-state index in [4.69, 9.17) is 4.74 Å². The van der Waals surface area contributed by atoms with E-state index in [1.807, 2.05) is 48.6 Å². The van der Waals surface area contributed by atoms with Crippen LogP contribution in [0.4, 0.5) is 0 Å². The Hall–Kier alpha value is -2.35. The van der Waals surface area contributed by atoms with Crippen LogP contribution in [0.25, 0.3) is 11.4 Å². The summed E-state index contributed by atoms with van der Waals surface area (Å²) in [6, 6.07) is 3.99. The van der Waals surface area contributed by atoms with Crippen molar-refractivity contribution in [2.24, 2.45) is 7.05 Å². The first-order chi connectivity index (χ1) is 11.7. The number of thioether (sulfide) groups is 1. The van der Waals surface area contributed by atoms with Gasteiger partial charge in [0.1, 0.15) is 5.56 Å². The van der Waals surface area contributed by atoms with E-state index in [2.05, 4.69) is 26.3 Å². The summed E-state index contributed by atoms with van der Waals surface area (Å²) in [6.07, 6.45) is 5.59. The molecule has 3 heterocycles. The number of hydrogen-bond donors (Lipinski definition) is 0. The van der Waals surface area contributed by atoms with Gasteiger partial charge in [0, 0.05) is 37.9 Å². The molecule has 0 fully saturated rings. The van der Waals surface area contributed by atoms with Gasteiger partial charge in [-0.1, -0.05) is 17.8 Å². The summed E-state index contributed by atoms with van der Waals surface area (Å²) in [5, 5.41) is 13.9. The molecule has 0 saturated heterocycles. The van der Waals surface area contributed by atoms with Crippen LogP contribution >= 0.6 is 11.8 Å². The third kappa shape index (κ3) is 3.43. The molecule has 0 N–H and O–H groups in total. The fourth-order valence-electron chi connectivity index (χ4n) is 2.27. The summed E-state index contributed by atoms with van der Waals surface area (Å²) in [7, 11) is 1.96. The smallest absolute Gasteiger partial charge is 0.243 e. The monoisotopic (exact) mass is 344 g/mol. The van der Waals surface area contributed by atoms with E-state index in [9.17, 15) is 0 Å². The van der Waals surface area contributed by atoms with Crippen molar-refractivity contribution in [2.45, 2.75) is 31.3 Å². The van der Waals surface area contributed by atoms with Gasteiger partial charge in [-0.25, -0.2) is 0 Å². The van der Waals surface area contributed by atoms with E-state index < -0.39 is 0 Å². The Morgan fingerprint density at radius 3 is 2.83 bits per heavy atom. The molecule has 8 heteroatoms. The molecule has 3 rings (SSSR count). The molecule has 126 valence electrons. The van der Waals surface area contributed by atoms with Gasteiger partial charge in [0.05, 0.1) is 6.61 Å². The molecule has 0 atom stereocenters. The Balaban J connectivity index is 1.83. The molecule has 0 saturated carbocycles. The first-order valence-electron chi connectivity index (χ1n) is 7.84. The molecule has 24 heavy (non-hydrogen) atoms. The first kappa shape index (κ1) is 16.5. The maximum atomic E-state index is 5.64. The lowest BCUT2D eigenvalue weighted by Gasteiger charge is -2.04. The zero-order valence-corrected chi connectivity index (χ0v) is 14.8. The molecule has 3 aromatic heterocycles. The van der Waals surface area contributed by atoms with Crippen molar-refractivity contribution >= 4 is 11.8 Å². The quantitative estimate of drug-likeness (QED) is 0.614. The summed E-state index contributed by atoms with van der Waals surface area (Å²) >= 11 is 1.63. The summed E-state index contributed by atoms with van der Waals surface area (Å²) < 4.78 is 9.46. The van der Waals surface area contributed by atoms with E-state index in [1.54, 1.807) is 18.0 Å². The minimum absolute atomic E-state index is 0.564. The number of hydrogen-bond acceptors (Lipinski definition) is 6. The Labute approximate surface area is 145 Å². The lowest BCUT2D eigenvalue weighted by atomic mass is 10.3. The second-order valence-corrected chi connectivity index (χ2v) is 6.09. The largest absolute Gasteiger partial charge is 0.476 e. The molecule has 0 unspecified atom stereocenters. The zero-order chi connectivity index (χ0) is 16.9. The fraction of sp³-hybridized carbons (Fsp3) is 0.375. The van der Waals surface area contributed by atoms with Crippen LogP contribution in [0.1, 0.15) is 19.4 Å². The number of ether oxygens (including phenoxy) is 1. The van der Waals surface area contributed by atoms with Crippen molar-refractivity contribution in [3.8, 4) is 17.3 Å². The maximum Gasteiger partial charge on any atom is 0.243 e. The molecule has 0 bridgehead atoms. The first-order valence-corrected chi connectivity index (χ1v) is 8.83. The van der Waals surface area contributed by atoms with Gasteiger partial charge in [0.2, 0.25) is 5.88 Å².